The molecular formula is C25H35NO9. The Labute approximate surface area is 205 Å². The fourth-order valence-electron chi connectivity index (χ4n) is 3.02. The number of ether oxygens (including phenoxy) is 4. The van der Waals surface area contributed by atoms with Crippen LogP contribution in [0.3, 0.4) is 0 Å². The van der Waals surface area contributed by atoms with E-state index in [0.29, 0.717) is 30.7 Å². The van der Waals surface area contributed by atoms with Gasteiger partial charge in [-0.3, -0.25) is 24.0 Å². The largest absolute Gasteiger partial charge is 0.462 e. The average Bonchev–Trinajstić information content (AvgIpc) is 2.78. The Balaban J connectivity index is 2.12. The molecule has 1 aromatic carbocycles. The first kappa shape index (κ1) is 29.6. The Morgan fingerprint density at radius 3 is 1.69 bits per heavy atom. The van der Waals surface area contributed by atoms with Gasteiger partial charge in [-0.05, 0) is 37.1 Å². The van der Waals surface area contributed by atoms with Crippen molar-refractivity contribution < 1.29 is 42.9 Å². The van der Waals surface area contributed by atoms with E-state index in [9.17, 15) is 24.0 Å². The minimum Gasteiger partial charge on any atom is -0.462 e. The van der Waals surface area contributed by atoms with Gasteiger partial charge < -0.3 is 24.3 Å². The van der Waals surface area contributed by atoms with Crippen molar-refractivity contribution in [3.63, 3.8) is 0 Å². The number of nitrogens with one attached hydrogen (secondary N) is 1. The number of amides is 1. The van der Waals surface area contributed by atoms with E-state index in [1.807, 2.05) is 0 Å². The number of benzene rings is 1. The lowest BCUT2D eigenvalue weighted by molar-refractivity contribution is -0.165. The van der Waals surface area contributed by atoms with E-state index in [0.717, 1.165) is 25.7 Å². The van der Waals surface area contributed by atoms with Crippen molar-refractivity contribution in [1.29, 1.82) is 0 Å². The SMILES string of the molecule is CC(=O)Nc1ccc(OC(=O)CCCCCCCCC(=O)OC(COC(C)=O)COC(C)=O)cc1. The van der Waals surface area contributed by atoms with Gasteiger partial charge in [-0.1, -0.05) is 25.7 Å². The first-order chi connectivity index (χ1) is 16.7. The summed E-state index contributed by atoms with van der Waals surface area (Å²) in [4.78, 5) is 56.8. The number of carbonyl (C=O) groups is 5. The maximum atomic E-state index is 12.0. The van der Waals surface area contributed by atoms with Crippen LogP contribution in [0.25, 0.3) is 0 Å². The van der Waals surface area contributed by atoms with Crippen LogP contribution in [0.2, 0.25) is 0 Å². The van der Waals surface area contributed by atoms with Gasteiger partial charge in [0.25, 0.3) is 0 Å². The molecule has 1 N–H and O–H groups in total. The molecule has 0 unspecified atom stereocenters. The zero-order valence-electron chi connectivity index (χ0n) is 20.6. The van der Waals surface area contributed by atoms with Crippen LogP contribution >= 0.6 is 0 Å². The number of anilines is 1. The summed E-state index contributed by atoms with van der Waals surface area (Å²) in [7, 11) is 0. The van der Waals surface area contributed by atoms with Crippen molar-refractivity contribution in [1.82, 2.24) is 0 Å². The highest BCUT2D eigenvalue weighted by Crippen LogP contribution is 2.17. The quantitative estimate of drug-likeness (QED) is 0.158. The van der Waals surface area contributed by atoms with Gasteiger partial charge in [-0.2, -0.15) is 0 Å². The van der Waals surface area contributed by atoms with E-state index in [1.165, 1.54) is 20.8 Å². The molecule has 0 bridgehead atoms. The van der Waals surface area contributed by atoms with Gasteiger partial charge in [0.2, 0.25) is 5.91 Å². The van der Waals surface area contributed by atoms with Crippen molar-refractivity contribution in [3.8, 4) is 5.75 Å². The lowest BCUT2D eigenvalue weighted by atomic mass is 10.1. The molecule has 0 aromatic heterocycles. The van der Waals surface area contributed by atoms with Crippen LogP contribution < -0.4 is 10.1 Å². The summed E-state index contributed by atoms with van der Waals surface area (Å²) >= 11 is 0. The highest BCUT2D eigenvalue weighted by Gasteiger charge is 2.17. The van der Waals surface area contributed by atoms with Gasteiger partial charge in [-0.25, -0.2) is 0 Å². The number of carbonyl (C=O) groups excluding carboxylic acids is 5. The maximum Gasteiger partial charge on any atom is 0.311 e. The highest BCUT2D eigenvalue weighted by atomic mass is 16.6. The van der Waals surface area contributed by atoms with Gasteiger partial charge in [0.05, 0.1) is 0 Å². The first-order valence-corrected chi connectivity index (χ1v) is 11.7. The Hall–Kier alpha value is -3.43. The van der Waals surface area contributed by atoms with Crippen LogP contribution in [-0.2, 0) is 38.2 Å². The Bertz CT molecular complexity index is 818. The molecule has 35 heavy (non-hydrogen) atoms. The van der Waals surface area contributed by atoms with E-state index >= 15 is 0 Å². The Kier molecular flexibility index (Phi) is 14.4. The standard InChI is InChI=1S/C25H35NO9/c1-18(27)26-21-12-14-22(15-13-21)34-24(30)10-8-6-4-5-7-9-11-25(31)35-23(16-32-19(2)28)17-33-20(3)29/h12-15,23H,4-11,16-17H2,1-3H3,(H,26,27). The summed E-state index contributed by atoms with van der Waals surface area (Å²) in [5.74, 6) is -1.52. The molecule has 0 fully saturated rings. The monoisotopic (exact) mass is 493 g/mol. The fourth-order valence-corrected chi connectivity index (χ4v) is 3.02. The van der Waals surface area contributed by atoms with Crippen molar-refractivity contribution >= 4 is 35.5 Å². The van der Waals surface area contributed by atoms with Crippen LogP contribution in [0, 0.1) is 0 Å². The average molecular weight is 494 g/mol. The number of unbranched alkanes of at least 4 members (excludes halogenated alkanes) is 5. The molecule has 0 aliphatic carbocycles. The van der Waals surface area contributed by atoms with E-state index in [2.05, 4.69) is 5.32 Å². The van der Waals surface area contributed by atoms with Crippen LogP contribution in [-0.4, -0.2) is 49.1 Å². The van der Waals surface area contributed by atoms with Crippen molar-refractivity contribution in [2.75, 3.05) is 18.5 Å². The van der Waals surface area contributed by atoms with Gasteiger partial charge in [0.15, 0.2) is 6.10 Å². The number of rotatable bonds is 16. The number of hydrogen-bond acceptors (Lipinski definition) is 9. The second kappa shape index (κ2) is 17.1. The predicted molar refractivity (Wildman–Crippen MR) is 126 cm³/mol. The maximum absolute atomic E-state index is 12.0. The van der Waals surface area contributed by atoms with Gasteiger partial charge >= 0.3 is 23.9 Å². The van der Waals surface area contributed by atoms with E-state index in [-0.39, 0.29) is 31.5 Å². The molecule has 194 valence electrons. The van der Waals surface area contributed by atoms with E-state index in [4.69, 9.17) is 18.9 Å². The smallest absolute Gasteiger partial charge is 0.311 e. The van der Waals surface area contributed by atoms with E-state index in [1.54, 1.807) is 24.3 Å². The van der Waals surface area contributed by atoms with Crippen molar-refractivity contribution in [2.24, 2.45) is 0 Å². The zero-order chi connectivity index (χ0) is 26.1. The van der Waals surface area contributed by atoms with Gasteiger partial charge in [0.1, 0.15) is 19.0 Å². The van der Waals surface area contributed by atoms with Gasteiger partial charge in [0, 0.05) is 39.3 Å². The number of esters is 4. The molecular weight excluding hydrogens is 458 g/mol. The summed E-state index contributed by atoms with van der Waals surface area (Å²) in [6, 6.07) is 6.59. The Morgan fingerprint density at radius 2 is 1.20 bits per heavy atom. The van der Waals surface area contributed by atoms with Crippen molar-refractivity contribution in [3.05, 3.63) is 24.3 Å². The van der Waals surface area contributed by atoms with Crippen LogP contribution in [0.15, 0.2) is 24.3 Å². The van der Waals surface area contributed by atoms with Crippen LogP contribution in [0.5, 0.6) is 5.75 Å². The molecule has 0 saturated heterocycles. The molecule has 0 aliphatic rings. The lowest BCUT2D eigenvalue weighted by Crippen LogP contribution is -2.30. The zero-order valence-corrected chi connectivity index (χ0v) is 20.6. The molecule has 0 saturated carbocycles. The summed E-state index contributed by atoms with van der Waals surface area (Å²) < 4.78 is 20.2. The molecule has 1 rings (SSSR count). The topological polar surface area (TPSA) is 134 Å². The summed E-state index contributed by atoms with van der Waals surface area (Å²) in [6.07, 6.45) is 4.58. The normalized spacial score (nSPS) is 10.4. The molecule has 0 atom stereocenters. The van der Waals surface area contributed by atoms with Crippen LogP contribution in [0.4, 0.5) is 5.69 Å². The van der Waals surface area contributed by atoms with E-state index < -0.39 is 24.0 Å². The summed E-state index contributed by atoms with van der Waals surface area (Å²) in [5.41, 5.74) is 0.634. The second-order valence-corrected chi connectivity index (χ2v) is 8.02. The molecule has 0 heterocycles. The minimum absolute atomic E-state index is 0.167. The molecule has 0 radical (unpaired) electrons. The molecule has 1 aromatic rings. The summed E-state index contributed by atoms with van der Waals surface area (Å²) in [5, 5.41) is 2.64. The molecule has 10 nitrogen and oxygen atoms in total. The third kappa shape index (κ3) is 15.9. The highest BCUT2D eigenvalue weighted by molar-refractivity contribution is 5.88. The predicted octanol–water partition coefficient (Wildman–Crippen LogP) is 3.71. The second-order valence-electron chi connectivity index (χ2n) is 8.02. The molecule has 0 spiro atoms. The summed E-state index contributed by atoms with van der Waals surface area (Å²) in [6.45, 7) is 3.56. The molecule has 10 heteroatoms. The van der Waals surface area contributed by atoms with Crippen LogP contribution in [0.1, 0.15) is 72.1 Å². The van der Waals surface area contributed by atoms with Gasteiger partial charge in [-0.15, -0.1) is 0 Å². The number of hydrogen-bond donors (Lipinski definition) is 1. The fraction of sp³-hybridized carbons (Fsp3) is 0.560. The third-order valence-corrected chi connectivity index (χ3v) is 4.66. The lowest BCUT2D eigenvalue weighted by Gasteiger charge is -2.17. The van der Waals surface area contributed by atoms with Crippen molar-refractivity contribution in [2.45, 2.75) is 78.2 Å². The molecule has 0 aliphatic heterocycles. The minimum atomic E-state index is -0.829. The molecule has 1 amide bonds. The first-order valence-electron chi connectivity index (χ1n) is 11.7. The Morgan fingerprint density at radius 1 is 0.714 bits per heavy atom. The third-order valence-electron chi connectivity index (χ3n) is 4.66.